The maximum atomic E-state index is 12.8. The Kier molecular flexibility index (Phi) is 10.1. The van der Waals surface area contributed by atoms with Crippen LogP contribution in [0.2, 0.25) is 0 Å². The van der Waals surface area contributed by atoms with Gasteiger partial charge in [-0.25, -0.2) is 4.79 Å². The molecule has 1 amide bonds. The summed E-state index contributed by atoms with van der Waals surface area (Å²) in [6.45, 7) is 6.18. The molecular weight excluding hydrogens is 410 g/mol. The van der Waals surface area contributed by atoms with Gasteiger partial charge in [0.2, 0.25) is 5.91 Å². The molecule has 1 aromatic heterocycles. The summed E-state index contributed by atoms with van der Waals surface area (Å²) < 4.78 is 0. The van der Waals surface area contributed by atoms with E-state index in [9.17, 15) is 14.7 Å². The number of aliphatic hydroxyl groups is 1. The number of hydrogen-bond donors (Lipinski definition) is 2. The lowest BCUT2D eigenvalue weighted by Crippen LogP contribution is -2.35. The SMILES string of the molecule is CC(C)C#Cc1cc(N(C)C(=O)C2CCC(C)CC2)c(C(=O)O)s1.OC1CCCCC1. The van der Waals surface area contributed by atoms with Crippen LogP contribution in [0.4, 0.5) is 5.69 Å². The molecule has 31 heavy (non-hydrogen) atoms. The van der Waals surface area contributed by atoms with Crippen LogP contribution in [0.1, 0.15) is 93.1 Å². The average Bonchev–Trinajstić information content (AvgIpc) is 3.17. The number of amides is 1. The number of rotatable bonds is 3. The summed E-state index contributed by atoms with van der Waals surface area (Å²) in [5.41, 5.74) is 0.462. The highest BCUT2D eigenvalue weighted by Gasteiger charge is 2.29. The summed E-state index contributed by atoms with van der Waals surface area (Å²) in [7, 11) is 1.68. The molecule has 1 aromatic rings. The maximum absolute atomic E-state index is 12.8. The fourth-order valence-electron chi connectivity index (χ4n) is 4.04. The minimum Gasteiger partial charge on any atom is -0.477 e. The fourth-order valence-corrected chi connectivity index (χ4v) is 4.93. The van der Waals surface area contributed by atoms with E-state index in [4.69, 9.17) is 5.11 Å². The third kappa shape index (κ3) is 7.97. The molecule has 0 bridgehead atoms. The van der Waals surface area contributed by atoms with Crippen LogP contribution in [0.3, 0.4) is 0 Å². The Morgan fingerprint density at radius 3 is 2.19 bits per heavy atom. The molecule has 2 N–H and O–H groups in total. The standard InChI is InChI=1S/C19H25NO3S.C6H12O/c1-12(2)5-10-15-11-16(17(24-15)19(22)23)20(4)18(21)14-8-6-13(3)7-9-14;7-6-4-2-1-3-5-6/h11-14H,6-9H2,1-4H3,(H,22,23);6-7H,1-5H2. The van der Waals surface area contributed by atoms with Gasteiger partial charge in [0.25, 0.3) is 0 Å². The molecule has 2 aliphatic rings. The number of carboxylic acids is 1. The lowest BCUT2D eigenvalue weighted by molar-refractivity contribution is -0.123. The van der Waals surface area contributed by atoms with Crippen molar-refractivity contribution in [3.05, 3.63) is 15.8 Å². The molecule has 0 radical (unpaired) electrons. The van der Waals surface area contributed by atoms with Crippen molar-refractivity contribution in [1.82, 2.24) is 0 Å². The number of carbonyl (C=O) groups excluding carboxylic acids is 1. The number of anilines is 1. The van der Waals surface area contributed by atoms with Crippen LogP contribution in [0, 0.1) is 29.6 Å². The van der Waals surface area contributed by atoms with Gasteiger partial charge in [-0.1, -0.05) is 51.9 Å². The first-order valence-electron chi connectivity index (χ1n) is 11.5. The highest BCUT2D eigenvalue weighted by Crippen LogP contribution is 2.34. The normalized spacial score (nSPS) is 21.5. The molecule has 5 nitrogen and oxygen atoms in total. The topological polar surface area (TPSA) is 77.8 Å². The molecule has 2 fully saturated rings. The summed E-state index contributed by atoms with van der Waals surface area (Å²) in [4.78, 5) is 26.7. The number of carboxylic acid groups (broad SMARTS) is 1. The van der Waals surface area contributed by atoms with Crippen molar-refractivity contribution in [3.63, 3.8) is 0 Å². The zero-order valence-corrected chi connectivity index (χ0v) is 20.1. The van der Waals surface area contributed by atoms with Crippen LogP contribution in [-0.4, -0.2) is 35.2 Å². The fraction of sp³-hybridized carbons (Fsp3) is 0.680. The van der Waals surface area contributed by atoms with Crippen molar-refractivity contribution in [1.29, 1.82) is 0 Å². The maximum Gasteiger partial charge on any atom is 0.348 e. The van der Waals surface area contributed by atoms with E-state index in [1.54, 1.807) is 13.1 Å². The van der Waals surface area contributed by atoms with Gasteiger partial charge >= 0.3 is 5.97 Å². The third-order valence-corrected chi connectivity index (χ3v) is 7.05. The van der Waals surface area contributed by atoms with Crippen LogP contribution in [0.5, 0.6) is 0 Å². The summed E-state index contributed by atoms with van der Waals surface area (Å²) >= 11 is 1.14. The third-order valence-electron chi connectivity index (χ3n) is 6.02. The van der Waals surface area contributed by atoms with E-state index < -0.39 is 5.97 Å². The van der Waals surface area contributed by atoms with Crippen molar-refractivity contribution in [2.45, 2.75) is 84.7 Å². The van der Waals surface area contributed by atoms with Crippen LogP contribution >= 0.6 is 11.3 Å². The number of aromatic carboxylic acids is 1. The van der Waals surface area contributed by atoms with E-state index in [0.29, 0.717) is 16.5 Å². The summed E-state index contributed by atoms with van der Waals surface area (Å²) in [6, 6.07) is 1.73. The van der Waals surface area contributed by atoms with Gasteiger partial charge in [0.1, 0.15) is 4.88 Å². The molecule has 2 saturated carbocycles. The summed E-state index contributed by atoms with van der Waals surface area (Å²) in [5, 5.41) is 18.4. The number of carbonyl (C=O) groups is 2. The van der Waals surface area contributed by atoms with Crippen molar-refractivity contribution in [2.24, 2.45) is 17.8 Å². The number of hydrogen-bond acceptors (Lipinski definition) is 4. The number of nitrogens with zero attached hydrogens (tertiary/aromatic N) is 1. The Morgan fingerprint density at radius 2 is 1.71 bits per heavy atom. The van der Waals surface area contributed by atoms with Crippen LogP contribution < -0.4 is 4.90 Å². The molecule has 0 unspecified atom stereocenters. The number of thiophene rings is 1. The zero-order valence-electron chi connectivity index (χ0n) is 19.3. The van der Waals surface area contributed by atoms with Gasteiger partial charge < -0.3 is 15.1 Å². The molecule has 0 saturated heterocycles. The Bertz CT molecular complexity index is 790. The van der Waals surface area contributed by atoms with Gasteiger partial charge in [-0.15, -0.1) is 11.3 Å². The second kappa shape index (κ2) is 12.3. The van der Waals surface area contributed by atoms with Gasteiger partial charge in [-0.3, -0.25) is 4.79 Å². The molecule has 1 heterocycles. The first-order valence-corrected chi connectivity index (χ1v) is 12.3. The second-order valence-electron chi connectivity index (χ2n) is 9.20. The first kappa shape index (κ1) is 25.4. The second-order valence-corrected chi connectivity index (χ2v) is 10.3. The summed E-state index contributed by atoms with van der Waals surface area (Å²) in [6.07, 6.45) is 9.82. The number of aliphatic hydroxyl groups excluding tert-OH is 1. The van der Waals surface area contributed by atoms with Crippen molar-refractivity contribution in [2.75, 3.05) is 11.9 Å². The Hall–Kier alpha value is -1.84. The molecule has 6 heteroatoms. The van der Waals surface area contributed by atoms with E-state index in [1.807, 2.05) is 13.8 Å². The van der Waals surface area contributed by atoms with E-state index >= 15 is 0 Å². The molecular formula is C25H37NO4S. The predicted molar refractivity (Wildman–Crippen MR) is 127 cm³/mol. The molecule has 0 spiro atoms. The molecule has 0 atom stereocenters. The molecule has 172 valence electrons. The monoisotopic (exact) mass is 447 g/mol. The van der Waals surface area contributed by atoms with Crippen molar-refractivity contribution >= 4 is 28.9 Å². The van der Waals surface area contributed by atoms with E-state index in [2.05, 4.69) is 18.8 Å². The molecule has 0 aromatic carbocycles. The van der Waals surface area contributed by atoms with Gasteiger partial charge in [-0.2, -0.15) is 0 Å². The predicted octanol–water partition coefficient (Wildman–Crippen LogP) is 5.55. The van der Waals surface area contributed by atoms with Gasteiger partial charge in [-0.05, 0) is 50.5 Å². The lowest BCUT2D eigenvalue weighted by atomic mass is 9.82. The average molecular weight is 448 g/mol. The smallest absolute Gasteiger partial charge is 0.348 e. The van der Waals surface area contributed by atoms with Crippen LogP contribution in [0.25, 0.3) is 0 Å². The highest BCUT2D eigenvalue weighted by molar-refractivity contribution is 7.15. The van der Waals surface area contributed by atoms with Crippen molar-refractivity contribution < 1.29 is 19.8 Å². The van der Waals surface area contributed by atoms with Crippen molar-refractivity contribution in [3.8, 4) is 11.8 Å². The molecule has 0 aliphatic heterocycles. The Labute approximate surface area is 190 Å². The molecule has 3 rings (SSSR count). The lowest BCUT2D eigenvalue weighted by Gasteiger charge is -2.28. The van der Waals surface area contributed by atoms with E-state index in [0.717, 1.165) is 49.9 Å². The quantitative estimate of drug-likeness (QED) is 0.595. The van der Waals surface area contributed by atoms with Gasteiger partial charge in [0, 0.05) is 18.9 Å². The molecule has 2 aliphatic carbocycles. The van der Waals surface area contributed by atoms with E-state index in [-0.39, 0.29) is 28.7 Å². The Balaban J connectivity index is 0.000000412. The minimum absolute atomic E-state index is 0.00190. The summed E-state index contributed by atoms with van der Waals surface area (Å²) in [5.74, 6) is 5.94. The minimum atomic E-state index is -1.01. The Morgan fingerprint density at radius 1 is 1.10 bits per heavy atom. The van der Waals surface area contributed by atoms with Crippen LogP contribution in [-0.2, 0) is 4.79 Å². The highest BCUT2D eigenvalue weighted by atomic mass is 32.1. The van der Waals surface area contributed by atoms with Gasteiger partial charge in [0.05, 0.1) is 16.7 Å². The van der Waals surface area contributed by atoms with Crippen LogP contribution in [0.15, 0.2) is 6.07 Å². The van der Waals surface area contributed by atoms with Gasteiger partial charge in [0.15, 0.2) is 0 Å². The largest absolute Gasteiger partial charge is 0.477 e. The van der Waals surface area contributed by atoms with E-state index in [1.165, 1.54) is 24.2 Å². The zero-order chi connectivity index (χ0) is 23.0. The first-order chi connectivity index (χ1) is 14.7.